The van der Waals surface area contributed by atoms with Gasteiger partial charge in [0, 0.05) is 23.6 Å². The van der Waals surface area contributed by atoms with Crippen LogP contribution in [0.3, 0.4) is 0 Å². The first-order chi connectivity index (χ1) is 9.44. The lowest BCUT2D eigenvalue weighted by molar-refractivity contribution is 0.0527. The minimum Gasteiger partial charge on any atom is -0.462 e. The Hall–Kier alpha value is -1.36. The molecule has 0 aromatic heterocycles. The Morgan fingerprint density at radius 3 is 2.90 bits per heavy atom. The number of benzene rings is 1. The molecule has 2 N–H and O–H groups in total. The molecular formula is C15H22N2O2S. The van der Waals surface area contributed by atoms with E-state index >= 15 is 0 Å². The van der Waals surface area contributed by atoms with Gasteiger partial charge in [-0.15, -0.1) is 0 Å². The summed E-state index contributed by atoms with van der Waals surface area (Å²) in [6, 6.07) is 5.57. The van der Waals surface area contributed by atoms with Crippen LogP contribution in [-0.2, 0) is 4.74 Å². The molecule has 2 rings (SSSR count). The zero-order valence-electron chi connectivity index (χ0n) is 12.3. The third-order valence-corrected chi connectivity index (χ3v) is 4.64. The van der Waals surface area contributed by atoms with Crippen molar-refractivity contribution in [1.82, 2.24) is 0 Å². The molecule has 0 atom stereocenters. The molecule has 4 nitrogen and oxygen atoms in total. The van der Waals surface area contributed by atoms with E-state index in [1.54, 1.807) is 13.0 Å². The largest absolute Gasteiger partial charge is 0.462 e. The molecule has 110 valence electrons. The Morgan fingerprint density at radius 1 is 1.50 bits per heavy atom. The standard InChI is InChI=1S/C15H22N2O2S/c1-4-19-14(18)11-6-5-7-12(13(11)16)17-8-9-20-15(2,3)10-17/h5-7H,4,8-10,16H2,1-3H3. The molecule has 0 radical (unpaired) electrons. The summed E-state index contributed by atoms with van der Waals surface area (Å²) in [5.74, 6) is 0.716. The lowest BCUT2D eigenvalue weighted by Crippen LogP contribution is -2.43. The summed E-state index contributed by atoms with van der Waals surface area (Å²) in [5.41, 5.74) is 8.10. The summed E-state index contributed by atoms with van der Waals surface area (Å²) in [7, 11) is 0. The van der Waals surface area contributed by atoms with E-state index in [0.717, 1.165) is 24.5 Å². The highest BCUT2D eigenvalue weighted by Crippen LogP contribution is 2.35. The lowest BCUT2D eigenvalue weighted by Gasteiger charge is -2.39. The molecular weight excluding hydrogens is 272 g/mol. The Bertz CT molecular complexity index is 503. The van der Waals surface area contributed by atoms with E-state index in [9.17, 15) is 4.79 Å². The number of thioether (sulfide) groups is 1. The van der Waals surface area contributed by atoms with Gasteiger partial charge in [0.05, 0.1) is 23.5 Å². The Morgan fingerprint density at radius 2 is 2.25 bits per heavy atom. The summed E-state index contributed by atoms with van der Waals surface area (Å²) in [6.45, 7) is 8.49. The van der Waals surface area contributed by atoms with Crippen LogP contribution in [0.5, 0.6) is 0 Å². The van der Waals surface area contributed by atoms with Gasteiger partial charge >= 0.3 is 5.97 Å². The van der Waals surface area contributed by atoms with Gasteiger partial charge in [0.25, 0.3) is 0 Å². The van der Waals surface area contributed by atoms with E-state index in [2.05, 4.69) is 18.7 Å². The number of para-hydroxylation sites is 1. The predicted octanol–water partition coefficient (Wildman–Crippen LogP) is 2.78. The van der Waals surface area contributed by atoms with Gasteiger partial charge in [0.15, 0.2) is 0 Å². The lowest BCUT2D eigenvalue weighted by atomic mass is 10.1. The fraction of sp³-hybridized carbons (Fsp3) is 0.533. The van der Waals surface area contributed by atoms with Gasteiger partial charge in [-0.2, -0.15) is 11.8 Å². The summed E-state index contributed by atoms with van der Waals surface area (Å²) < 4.78 is 5.25. The topological polar surface area (TPSA) is 55.6 Å². The van der Waals surface area contributed by atoms with Crippen LogP contribution in [0, 0.1) is 0 Å². The van der Waals surface area contributed by atoms with Gasteiger partial charge in [-0.05, 0) is 32.9 Å². The number of carbonyl (C=O) groups excluding carboxylic acids is 1. The highest BCUT2D eigenvalue weighted by Gasteiger charge is 2.28. The molecule has 0 spiro atoms. The fourth-order valence-electron chi connectivity index (χ4n) is 2.44. The predicted molar refractivity (Wildman–Crippen MR) is 85.6 cm³/mol. The summed E-state index contributed by atoms with van der Waals surface area (Å²) in [6.07, 6.45) is 0. The van der Waals surface area contributed by atoms with Crippen molar-refractivity contribution >= 4 is 29.1 Å². The molecule has 5 heteroatoms. The van der Waals surface area contributed by atoms with Crippen LogP contribution in [0.4, 0.5) is 11.4 Å². The van der Waals surface area contributed by atoms with E-state index in [0.29, 0.717) is 17.9 Å². The third kappa shape index (κ3) is 3.20. The van der Waals surface area contributed by atoms with Gasteiger partial charge in [0.2, 0.25) is 0 Å². The molecule has 0 aliphatic carbocycles. The van der Waals surface area contributed by atoms with Crippen LogP contribution in [0.2, 0.25) is 0 Å². The maximum absolute atomic E-state index is 11.9. The smallest absolute Gasteiger partial charge is 0.340 e. The Balaban J connectivity index is 2.28. The number of hydrogen-bond acceptors (Lipinski definition) is 5. The minimum absolute atomic E-state index is 0.199. The molecule has 1 heterocycles. The van der Waals surface area contributed by atoms with E-state index in [-0.39, 0.29) is 10.7 Å². The summed E-state index contributed by atoms with van der Waals surface area (Å²) in [5, 5.41) is 0. The number of ether oxygens (including phenoxy) is 1. The molecule has 0 amide bonds. The number of anilines is 2. The third-order valence-electron chi connectivity index (χ3n) is 3.34. The van der Waals surface area contributed by atoms with Crippen molar-refractivity contribution in [3.8, 4) is 0 Å². The first-order valence-corrected chi connectivity index (χ1v) is 7.87. The average Bonchev–Trinajstić information content (AvgIpc) is 2.38. The average molecular weight is 294 g/mol. The minimum atomic E-state index is -0.350. The second kappa shape index (κ2) is 5.95. The maximum Gasteiger partial charge on any atom is 0.340 e. The molecule has 1 aliphatic heterocycles. The number of rotatable bonds is 3. The van der Waals surface area contributed by atoms with Crippen LogP contribution >= 0.6 is 11.8 Å². The first-order valence-electron chi connectivity index (χ1n) is 6.89. The van der Waals surface area contributed by atoms with Crippen molar-refractivity contribution in [3.05, 3.63) is 23.8 Å². The number of nitrogen functional groups attached to an aromatic ring is 1. The number of nitrogens with two attached hydrogens (primary N) is 1. The van der Waals surface area contributed by atoms with Crippen molar-refractivity contribution in [1.29, 1.82) is 0 Å². The van der Waals surface area contributed by atoms with Gasteiger partial charge in [-0.1, -0.05) is 6.07 Å². The monoisotopic (exact) mass is 294 g/mol. The van der Waals surface area contributed by atoms with Crippen molar-refractivity contribution in [2.45, 2.75) is 25.5 Å². The van der Waals surface area contributed by atoms with Crippen LogP contribution in [-0.4, -0.2) is 36.2 Å². The first kappa shape index (κ1) is 15.0. The number of hydrogen-bond donors (Lipinski definition) is 1. The molecule has 0 unspecified atom stereocenters. The Kier molecular flexibility index (Phi) is 4.48. The van der Waals surface area contributed by atoms with Crippen molar-refractivity contribution in [2.24, 2.45) is 0 Å². The summed E-state index contributed by atoms with van der Waals surface area (Å²) >= 11 is 1.97. The van der Waals surface area contributed by atoms with E-state index < -0.39 is 0 Å². The van der Waals surface area contributed by atoms with Crippen molar-refractivity contribution in [2.75, 3.05) is 36.1 Å². The van der Waals surface area contributed by atoms with E-state index in [1.807, 2.05) is 23.9 Å². The normalized spacial score (nSPS) is 17.9. The zero-order valence-corrected chi connectivity index (χ0v) is 13.1. The van der Waals surface area contributed by atoms with Crippen LogP contribution < -0.4 is 10.6 Å². The van der Waals surface area contributed by atoms with Gasteiger partial charge in [-0.3, -0.25) is 0 Å². The van der Waals surface area contributed by atoms with Crippen LogP contribution in [0.15, 0.2) is 18.2 Å². The summed E-state index contributed by atoms with van der Waals surface area (Å²) in [4.78, 5) is 14.2. The molecule has 20 heavy (non-hydrogen) atoms. The van der Waals surface area contributed by atoms with Crippen LogP contribution in [0.25, 0.3) is 0 Å². The molecule has 1 aromatic rings. The quantitative estimate of drug-likeness (QED) is 0.686. The molecule has 0 saturated carbocycles. The second-order valence-corrected chi connectivity index (χ2v) is 7.29. The molecule has 1 aromatic carbocycles. The number of carbonyl (C=O) groups is 1. The van der Waals surface area contributed by atoms with Gasteiger partial charge in [0.1, 0.15) is 0 Å². The van der Waals surface area contributed by atoms with Crippen molar-refractivity contribution < 1.29 is 9.53 Å². The van der Waals surface area contributed by atoms with Crippen LogP contribution in [0.1, 0.15) is 31.1 Å². The zero-order chi connectivity index (χ0) is 14.8. The highest BCUT2D eigenvalue weighted by molar-refractivity contribution is 8.00. The maximum atomic E-state index is 11.9. The van der Waals surface area contributed by atoms with E-state index in [1.165, 1.54) is 0 Å². The molecule has 1 saturated heterocycles. The Labute approximate surface area is 124 Å². The van der Waals surface area contributed by atoms with E-state index in [4.69, 9.17) is 10.5 Å². The second-order valence-electron chi connectivity index (χ2n) is 5.49. The fourth-order valence-corrected chi connectivity index (χ4v) is 3.55. The van der Waals surface area contributed by atoms with Gasteiger partial charge < -0.3 is 15.4 Å². The van der Waals surface area contributed by atoms with Crippen molar-refractivity contribution in [3.63, 3.8) is 0 Å². The van der Waals surface area contributed by atoms with Gasteiger partial charge in [-0.25, -0.2) is 4.79 Å². The molecule has 1 aliphatic rings. The number of nitrogens with zero attached hydrogens (tertiary/aromatic N) is 1. The highest BCUT2D eigenvalue weighted by atomic mass is 32.2. The number of esters is 1. The SMILES string of the molecule is CCOC(=O)c1cccc(N2CCSC(C)(C)C2)c1N. The molecule has 0 bridgehead atoms. The molecule has 1 fully saturated rings.